The highest BCUT2D eigenvalue weighted by atomic mass is 79.9. The Morgan fingerprint density at radius 2 is 2.11 bits per heavy atom. The topological polar surface area (TPSA) is 21.3 Å². The van der Waals surface area contributed by atoms with E-state index in [1.54, 1.807) is 0 Å². The maximum absolute atomic E-state index is 6.30. The second-order valence-electron chi connectivity index (χ2n) is 5.93. The van der Waals surface area contributed by atoms with Gasteiger partial charge in [-0.2, -0.15) is 0 Å². The predicted molar refractivity (Wildman–Crippen MR) is 81.2 cm³/mol. The summed E-state index contributed by atoms with van der Waals surface area (Å²) in [4.78, 5) is 0. The lowest BCUT2D eigenvalue weighted by molar-refractivity contribution is -0.0351. The summed E-state index contributed by atoms with van der Waals surface area (Å²) in [6, 6.07) is 8.47. The molecule has 1 spiro atoms. The molecule has 104 valence electrons. The first-order valence-electron chi connectivity index (χ1n) is 7.39. The molecule has 1 saturated carbocycles. The van der Waals surface area contributed by atoms with Crippen molar-refractivity contribution in [2.45, 2.75) is 56.8 Å². The maximum atomic E-state index is 6.30. The monoisotopic (exact) mass is 323 g/mol. The van der Waals surface area contributed by atoms with Gasteiger partial charge in [-0.1, -0.05) is 40.9 Å². The van der Waals surface area contributed by atoms with Gasteiger partial charge in [-0.25, -0.2) is 0 Å². The molecule has 1 aromatic rings. The Morgan fingerprint density at radius 1 is 1.26 bits per heavy atom. The van der Waals surface area contributed by atoms with Crippen LogP contribution in [0.25, 0.3) is 0 Å². The van der Waals surface area contributed by atoms with Crippen LogP contribution < -0.4 is 5.32 Å². The van der Waals surface area contributed by atoms with Crippen LogP contribution in [0, 0.1) is 0 Å². The minimum absolute atomic E-state index is 0.266. The molecule has 2 aliphatic rings. The molecule has 1 saturated heterocycles. The Balaban J connectivity index is 1.43. The first-order valence-corrected chi connectivity index (χ1v) is 8.18. The molecule has 3 heteroatoms. The first-order chi connectivity index (χ1) is 9.26. The highest BCUT2D eigenvalue weighted by Gasteiger charge is 2.41. The average Bonchev–Trinajstić information content (AvgIpc) is 3.01. The third-order valence-corrected chi connectivity index (χ3v) is 4.94. The van der Waals surface area contributed by atoms with E-state index >= 15 is 0 Å². The van der Waals surface area contributed by atoms with Crippen LogP contribution in [0.3, 0.4) is 0 Å². The normalized spacial score (nSPS) is 25.2. The summed E-state index contributed by atoms with van der Waals surface area (Å²) in [6.07, 6.45) is 8.22. The quantitative estimate of drug-likeness (QED) is 0.903. The van der Waals surface area contributed by atoms with Crippen LogP contribution in [-0.2, 0) is 11.3 Å². The lowest BCUT2D eigenvalue weighted by Crippen LogP contribution is -2.30. The summed E-state index contributed by atoms with van der Waals surface area (Å²) in [5, 5.41) is 3.53. The smallest absolute Gasteiger partial charge is 0.0708 e. The largest absolute Gasteiger partial charge is 0.370 e. The van der Waals surface area contributed by atoms with Crippen LogP contribution in [0.4, 0.5) is 0 Å². The Labute approximate surface area is 124 Å². The SMILES string of the molecule is Brc1cccc(CNCC2CCC3(CCCC3)O2)c1. The van der Waals surface area contributed by atoms with Crippen molar-refractivity contribution in [3.8, 4) is 0 Å². The van der Waals surface area contributed by atoms with Crippen molar-refractivity contribution >= 4 is 15.9 Å². The molecule has 19 heavy (non-hydrogen) atoms. The predicted octanol–water partition coefficient (Wildman–Crippen LogP) is 4.03. The lowest BCUT2D eigenvalue weighted by atomic mass is 9.98. The fourth-order valence-electron chi connectivity index (χ4n) is 3.45. The van der Waals surface area contributed by atoms with Gasteiger partial charge in [0.15, 0.2) is 0 Å². The zero-order valence-electron chi connectivity index (χ0n) is 11.3. The first kappa shape index (κ1) is 13.6. The van der Waals surface area contributed by atoms with E-state index in [1.165, 1.54) is 44.1 Å². The molecule has 3 rings (SSSR count). The third-order valence-electron chi connectivity index (χ3n) is 4.44. The molecular weight excluding hydrogens is 302 g/mol. The Kier molecular flexibility index (Phi) is 4.25. The maximum Gasteiger partial charge on any atom is 0.0708 e. The molecule has 0 radical (unpaired) electrons. The number of ether oxygens (including phenoxy) is 1. The molecule has 2 nitrogen and oxygen atoms in total. The fourth-order valence-corrected chi connectivity index (χ4v) is 3.90. The minimum Gasteiger partial charge on any atom is -0.370 e. The molecule has 1 atom stereocenters. The molecule has 1 aromatic carbocycles. The van der Waals surface area contributed by atoms with Gasteiger partial charge in [0.2, 0.25) is 0 Å². The summed E-state index contributed by atoms with van der Waals surface area (Å²) >= 11 is 3.51. The standard InChI is InChI=1S/C16H22BrNO/c17-14-5-3-4-13(10-14)11-18-12-15-6-9-16(19-15)7-1-2-8-16/h3-5,10,15,18H,1-2,6-9,11-12H2. The highest BCUT2D eigenvalue weighted by Crippen LogP contribution is 2.43. The average molecular weight is 324 g/mol. The minimum atomic E-state index is 0.266. The molecule has 1 unspecified atom stereocenters. The summed E-state index contributed by atoms with van der Waals surface area (Å²) in [5.41, 5.74) is 1.59. The molecule has 1 heterocycles. The van der Waals surface area contributed by atoms with Crippen LogP contribution in [0.2, 0.25) is 0 Å². The van der Waals surface area contributed by atoms with E-state index in [9.17, 15) is 0 Å². The van der Waals surface area contributed by atoms with Gasteiger partial charge in [0.05, 0.1) is 11.7 Å². The van der Waals surface area contributed by atoms with Gasteiger partial charge in [0, 0.05) is 17.6 Å². The van der Waals surface area contributed by atoms with Gasteiger partial charge in [-0.05, 0) is 43.4 Å². The van der Waals surface area contributed by atoms with Gasteiger partial charge in [0.1, 0.15) is 0 Å². The highest BCUT2D eigenvalue weighted by molar-refractivity contribution is 9.10. The zero-order valence-corrected chi connectivity index (χ0v) is 12.9. The van der Waals surface area contributed by atoms with Crippen molar-refractivity contribution in [3.05, 3.63) is 34.3 Å². The van der Waals surface area contributed by atoms with Crippen molar-refractivity contribution in [2.75, 3.05) is 6.54 Å². The van der Waals surface area contributed by atoms with Crippen LogP contribution in [-0.4, -0.2) is 18.2 Å². The van der Waals surface area contributed by atoms with Gasteiger partial charge in [-0.15, -0.1) is 0 Å². The number of halogens is 1. The van der Waals surface area contributed by atoms with E-state index < -0.39 is 0 Å². The lowest BCUT2D eigenvalue weighted by Gasteiger charge is -2.23. The Hall–Kier alpha value is -0.380. The number of benzene rings is 1. The Bertz CT molecular complexity index is 429. The molecule has 0 bridgehead atoms. The second-order valence-corrected chi connectivity index (χ2v) is 6.85. The number of hydrogen-bond donors (Lipinski definition) is 1. The molecular formula is C16H22BrNO. The molecule has 2 fully saturated rings. The van der Waals surface area contributed by atoms with Crippen LogP contribution >= 0.6 is 15.9 Å². The number of nitrogens with one attached hydrogen (secondary N) is 1. The summed E-state index contributed by atoms with van der Waals surface area (Å²) in [6.45, 7) is 1.90. The molecule has 0 amide bonds. The van der Waals surface area contributed by atoms with Crippen molar-refractivity contribution in [1.82, 2.24) is 5.32 Å². The van der Waals surface area contributed by atoms with Crippen molar-refractivity contribution in [3.63, 3.8) is 0 Å². The van der Waals surface area contributed by atoms with E-state index in [4.69, 9.17) is 4.74 Å². The second kappa shape index (κ2) is 5.94. The fraction of sp³-hybridized carbons (Fsp3) is 0.625. The third kappa shape index (κ3) is 3.39. The Morgan fingerprint density at radius 3 is 2.89 bits per heavy atom. The van der Waals surface area contributed by atoms with E-state index in [-0.39, 0.29) is 5.60 Å². The summed E-state index contributed by atoms with van der Waals surface area (Å²) < 4.78 is 7.45. The van der Waals surface area contributed by atoms with Gasteiger partial charge in [0.25, 0.3) is 0 Å². The summed E-state index contributed by atoms with van der Waals surface area (Å²) in [5.74, 6) is 0. The van der Waals surface area contributed by atoms with E-state index in [1.807, 2.05) is 0 Å². The van der Waals surface area contributed by atoms with Gasteiger partial charge >= 0.3 is 0 Å². The van der Waals surface area contributed by atoms with E-state index in [0.717, 1.165) is 17.6 Å². The van der Waals surface area contributed by atoms with Crippen molar-refractivity contribution in [2.24, 2.45) is 0 Å². The van der Waals surface area contributed by atoms with Crippen LogP contribution in [0.15, 0.2) is 28.7 Å². The van der Waals surface area contributed by atoms with Crippen molar-refractivity contribution in [1.29, 1.82) is 0 Å². The molecule has 1 aliphatic heterocycles. The van der Waals surface area contributed by atoms with Crippen molar-refractivity contribution < 1.29 is 4.74 Å². The van der Waals surface area contributed by atoms with Gasteiger partial charge < -0.3 is 10.1 Å². The molecule has 1 aliphatic carbocycles. The molecule has 0 aromatic heterocycles. The van der Waals surface area contributed by atoms with Gasteiger partial charge in [-0.3, -0.25) is 0 Å². The summed E-state index contributed by atoms with van der Waals surface area (Å²) in [7, 11) is 0. The molecule has 1 N–H and O–H groups in total. The number of hydrogen-bond acceptors (Lipinski definition) is 2. The number of rotatable bonds is 4. The zero-order chi connectivity index (χ0) is 13.1. The van der Waals surface area contributed by atoms with E-state index in [2.05, 4.69) is 45.5 Å². The van der Waals surface area contributed by atoms with Crippen LogP contribution in [0.5, 0.6) is 0 Å². The van der Waals surface area contributed by atoms with Crippen LogP contribution in [0.1, 0.15) is 44.1 Å². The van der Waals surface area contributed by atoms with E-state index in [0.29, 0.717) is 6.10 Å².